The van der Waals surface area contributed by atoms with Crippen molar-refractivity contribution in [1.82, 2.24) is 5.32 Å². The molecule has 0 aromatic rings. The lowest BCUT2D eigenvalue weighted by Crippen LogP contribution is -2.46. The van der Waals surface area contributed by atoms with Crippen LogP contribution in [0, 0.1) is 5.92 Å². The largest absolute Gasteiger partial charge is 0.352 e. The SMILES string of the molecule is CCCC[C@H](N)C(=O)NC1CCC(CCC)CC1. The molecule has 1 aliphatic rings. The van der Waals surface area contributed by atoms with Crippen LogP contribution in [0.2, 0.25) is 0 Å². The molecule has 0 bridgehead atoms. The molecule has 3 N–H and O–H groups in total. The molecule has 3 nitrogen and oxygen atoms in total. The number of hydrogen-bond acceptors (Lipinski definition) is 2. The number of nitrogens with one attached hydrogen (secondary N) is 1. The van der Waals surface area contributed by atoms with E-state index in [9.17, 15) is 4.79 Å². The van der Waals surface area contributed by atoms with Gasteiger partial charge in [-0.1, -0.05) is 39.5 Å². The van der Waals surface area contributed by atoms with E-state index in [4.69, 9.17) is 5.73 Å². The number of hydrogen-bond donors (Lipinski definition) is 2. The normalized spacial score (nSPS) is 25.7. The summed E-state index contributed by atoms with van der Waals surface area (Å²) in [6, 6.07) is 0.0663. The highest BCUT2D eigenvalue weighted by Crippen LogP contribution is 2.27. The van der Waals surface area contributed by atoms with Crippen molar-refractivity contribution in [2.75, 3.05) is 0 Å². The molecule has 0 radical (unpaired) electrons. The van der Waals surface area contributed by atoms with Gasteiger partial charge in [0, 0.05) is 6.04 Å². The van der Waals surface area contributed by atoms with Crippen molar-refractivity contribution in [3.8, 4) is 0 Å². The highest BCUT2D eigenvalue weighted by atomic mass is 16.2. The number of nitrogens with two attached hydrogens (primary N) is 1. The molecule has 1 aliphatic carbocycles. The first-order valence-electron chi connectivity index (χ1n) is 7.73. The van der Waals surface area contributed by atoms with Crippen LogP contribution in [-0.4, -0.2) is 18.0 Å². The minimum Gasteiger partial charge on any atom is -0.352 e. The molecular weight excluding hydrogens is 224 g/mol. The monoisotopic (exact) mass is 254 g/mol. The van der Waals surface area contributed by atoms with E-state index in [-0.39, 0.29) is 11.9 Å². The zero-order valence-electron chi connectivity index (χ0n) is 12.1. The smallest absolute Gasteiger partial charge is 0.237 e. The van der Waals surface area contributed by atoms with Gasteiger partial charge in [0.1, 0.15) is 0 Å². The van der Waals surface area contributed by atoms with E-state index < -0.39 is 0 Å². The number of carbonyl (C=O) groups excluding carboxylic acids is 1. The van der Waals surface area contributed by atoms with Crippen LogP contribution in [0.25, 0.3) is 0 Å². The first-order chi connectivity index (χ1) is 8.67. The molecule has 1 fully saturated rings. The van der Waals surface area contributed by atoms with Gasteiger partial charge in [-0.15, -0.1) is 0 Å². The van der Waals surface area contributed by atoms with E-state index in [0.717, 1.165) is 38.0 Å². The summed E-state index contributed by atoms with van der Waals surface area (Å²) in [6.45, 7) is 4.38. The van der Waals surface area contributed by atoms with E-state index in [1.165, 1.54) is 25.7 Å². The summed E-state index contributed by atoms with van der Waals surface area (Å²) < 4.78 is 0. The Bertz CT molecular complexity index is 235. The van der Waals surface area contributed by atoms with Crippen LogP contribution in [-0.2, 0) is 4.79 Å². The standard InChI is InChI=1S/C15H30N2O/c1-3-5-7-14(16)15(18)17-13-10-8-12(6-4-2)9-11-13/h12-14H,3-11,16H2,1-2H3,(H,17,18)/t12?,13?,14-/m0/s1. The molecule has 0 heterocycles. The van der Waals surface area contributed by atoms with Gasteiger partial charge < -0.3 is 11.1 Å². The molecule has 0 aromatic carbocycles. The predicted octanol–water partition coefficient (Wildman–Crippen LogP) is 2.98. The lowest BCUT2D eigenvalue weighted by Gasteiger charge is -2.29. The van der Waals surface area contributed by atoms with E-state index >= 15 is 0 Å². The highest BCUT2D eigenvalue weighted by Gasteiger charge is 2.23. The second kappa shape index (κ2) is 8.52. The summed E-state index contributed by atoms with van der Waals surface area (Å²) in [6.07, 6.45) is 10.4. The molecule has 0 spiro atoms. The second-order valence-electron chi connectivity index (χ2n) is 5.76. The zero-order valence-corrected chi connectivity index (χ0v) is 12.1. The Labute approximate surface area is 112 Å². The fraction of sp³-hybridized carbons (Fsp3) is 0.933. The lowest BCUT2D eigenvalue weighted by atomic mass is 9.83. The number of carbonyl (C=O) groups is 1. The summed E-state index contributed by atoms with van der Waals surface area (Å²) in [5, 5.41) is 3.13. The van der Waals surface area contributed by atoms with Gasteiger partial charge in [-0.05, 0) is 38.0 Å². The van der Waals surface area contributed by atoms with Crippen LogP contribution in [0.1, 0.15) is 71.6 Å². The predicted molar refractivity (Wildman–Crippen MR) is 76.3 cm³/mol. The molecule has 1 rings (SSSR count). The van der Waals surface area contributed by atoms with Crippen LogP contribution in [0.3, 0.4) is 0 Å². The summed E-state index contributed by atoms with van der Waals surface area (Å²) in [4.78, 5) is 11.9. The van der Waals surface area contributed by atoms with Crippen molar-refractivity contribution >= 4 is 5.91 Å². The maximum Gasteiger partial charge on any atom is 0.237 e. The van der Waals surface area contributed by atoms with Crippen LogP contribution in [0.5, 0.6) is 0 Å². The molecule has 18 heavy (non-hydrogen) atoms. The summed E-state index contributed by atoms with van der Waals surface area (Å²) in [5.74, 6) is 0.944. The van der Waals surface area contributed by atoms with Gasteiger partial charge in [-0.2, -0.15) is 0 Å². The first kappa shape index (κ1) is 15.5. The minimum atomic E-state index is -0.307. The summed E-state index contributed by atoms with van der Waals surface area (Å²) >= 11 is 0. The Balaban J connectivity index is 2.21. The minimum absolute atomic E-state index is 0.0578. The van der Waals surface area contributed by atoms with Crippen molar-refractivity contribution in [2.45, 2.75) is 83.7 Å². The number of rotatable bonds is 7. The first-order valence-corrected chi connectivity index (χ1v) is 7.73. The maximum absolute atomic E-state index is 11.9. The Morgan fingerprint density at radius 3 is 2.44 bits per heavy atom. The van der Waals surface area contributed by atoms with Crippen molar-refractivity contribution in [2.24, 2.45) is 11.7 Å². The summed E-state index contributed by atoms with van der Waals surface area (Å²) in [5.41, 5.74) is 5.88. The van der Waals surface area contributed by atoms with Crippen LogP contribution < -0.4 is 11.1 Å². The average molecular weight is 254 g/mol. The second-order valence-corrected chi connectivity index (χ2v) is 5.76. The molecule has 0 aromatic heterocycles. The van der Waals surface area contributed by atoms with Gasteiger partial charge in [-0.3, -0.25) is 4.79 Å². The van der Waals surface area contributed by atoms with E-state index in [1.54, 1.807) is 0 Å². The van der Waals surface area contributed by atoms with Crippen molar-refractivity contribution in [1.29, 1.82) is 0 Å². The third-order valence-electron chi connectivity index (χ3n) is 4.10. The topological polar surface area (TPSA) is 55.1 Å². The Morgan fingerprint density at radius 1 is 1.22 bits per heavy atom. The van der Waals surface area contributed by atoms with Crippen LogP contribution >= 0.6 is 0 Å². The fourth-order valence-electron chi connectivity index (χ4n) is 2.87. The van der Waals surface area contributed by atoms with Crippen LogP contribution in [0.4, 0.5) is 0 Å². The Hall–Kier alpha value is -0.570. The van der Waals surface area contributed by atoms with Crippen LogP contribution in [0.15, 0.2) is 0 Å². The van der Waals surface area contributed by atoms with Gasteiger partial charge in [-0.25, -0.2) is 0 Å². The molecule has 1 saturated carbocycles. The highest BCUT2D eigenvalue weighted by molar-refractivity contribution is 5.81. The molecule has 0 unspecified atom stereocenters. The fourth-order valence-corrected chi connectivity index (χ4v) is 2.87. The Kier molecular flexibility index (Phi) is 7.33. The van der Waals surface area contributed by atoms with Crippen molar-refractivity contribution in [3.63, 3.8) is 0 Å². The van der Waals surface area contributed by atoms with E-state index in [0.29, 0.717) is 6.04 Å². The third kappa shape index (κ3) is 5.38. The molecule has 0 saturated heterocycles. The summed E-state index contributed by atoms with van der Waals surface area (Å²) in [7, 11) is 0. The van der Waals surface area contributed by atoms with Crippen molar-refractivity contribution in [3.05, 3.63) is 0 Å². The Morgan fingerprint density at radius 2 is 1.89 bits per heavy atom. The molecule has 1 amide bonds. The molecule has 106 valence electrons. The van der Waals surface area contributed by atoms with Crippen molar-refractivity contribution < 1.29 is 4.79 Å². The third-order valence-corrected chi connectivity index (χ3v) is 4.10. The van der Waals surface area contributed by atoms with Gasteiger partial charge >= 0.3 is 0 Å². The maximum atomic E-state index is 11.9. The molecule has 0 aliphatic heterocycles. The van der Waals surface area contributed by atoms with E-state index in [1.807, 2.05) is 0 Å². The van der Waals surface area contributed by atoms with Gasteiger partial charge in [0.25, 0.3) is 0 Å². The van der Waals surface area contributed by atoms with E-state index in [2.05, 4.69) is 19.2 Å². The quantitative estimate of drug-likeness (QED) is 0.734. The number of unbranched alkanes of at least 4 members (excludes halogenated alkanes) is 1. The molecule has 1 atom stereocenters. The number of amides is 1. The van der Waals surface area contributed by atoms with Gasteiger partial charge in [0.2, 0.25) is 5.91 Å². The average Bonchev–Trinajstić information content (AvgIpc) is 2.38. The lowest BCUT2D eigenvalue weighted by molar-refractivity contribution is -0.123. The zero-order chi connectivity index (χ0) is 13.4. The van der Waals surface area contributed by atoms with Gasteiger partial charge in [0.05, 0.1) is 6.04 Å². The van der Waals surface area contributed by atoms with Gasteiger partial charge in [0.15, 0.2) is 0 Å². The molecular formula is C15H30N2O. The molecule has 3 heteroatoms.